The summed E-state index contributed by atoms with van der Waals surface area (Å²) in [4.78, 5) is 25.7. The van der Waals surface area contributed by atoms with Gasteiger partial charge in [0.25, 0.3) is 5.91 Å². The SMILES string of the molecule is C=CCOC(=O)N1CCC(NC(=O)c2ccc3c(c2)OCO3)CC1. The number of hydrogen-bond donors (Lipinski definition) is 1. The highest BCUT2D eigenvalue weighted by Gasteiger charge is 2.25. The molecular formula is C17H20N2O5. The molecule has 2 heterocycles. The average molecular weight is 332 g/mol. The van der Waals surface area contributed by atoms with E-state index in [0.717, 1.165) is 0 Å². The maximum absolute atomic E-state index is 12.3. The van der Waals surface area contributed by atoms with Gasteiger partial charge in [0.15, 0.2) is 11.5 Å². The zero-order valence-electron chi connectivity index (χ0n) is 13.3. The minimum absolute atomic E-state index is 0.0337. The number of amides is 2. The van der Waals surface area contributed by atoms with E-state index in [-0.39, 0.29) is 31.4 Å². The minimum atomic E-state index is -0.338. The molecular weight excluding hydrogens is 312 g/mol. The maximum atomic E-state index is 12.3. The summed E-state index contributed by atoms with van der Waals surface area (Å²) in [5, 5.41) is 3.00. The number of carbonyl (C=O) groups is 2. The van der Waals surface area contributed by atoms with Crippen molar-refractivity contribution in [3.05, 3.63) is 36.4 Å². The van der Waals surface area contributed by atoms with Crippen molar-refractivity contribution in [2.24, 2.45) is 0 Å². The van der Waals surface area contributed by atoms with Gasteiger partial charge in [-0.1, -0.05) is 12.7 Å². The van der Waals surface area contributed by atoms with Gasteiger partial charge in [0, 0.05) is 24.7 Å². The summed E-state index contributed by atoms with van der Waals surface area (Å²) in [5.74, 6) is 1.08. The average Bonchev–Trinajstić information content (AvgIpc) is 3.08. The van der Waals surface area contributed by atoms with Gasteiger partial charge in [0.05, 0.1) is 0 Å². The molecule has 0 aromatic heterocycles. The van der Waals surface area contributed by atoms with Gasteiger partial charge >= 0.3 is 6.09 Å². The number of benzene rings is 1. The molecule has 1 aromatic carbocycles. The third kappa shape index (κ3) is 3.61. The Kier molecular flexibility index (Phi) is 4.88. The molecule has 7 nitrogen and oxygen atoms in total. The first-order chi connectivity index (χ1) is 11.7. The number of carbonyl (C=O) groups excluding carboxylic acids is 2. The topological polar surface area (TPSA) is 77.1 Å². The Bertz CT molecular complexity index is 638. The Balaban J connectivity index is 1.50. The maximum Gasteiger partial charge on any atom is 0.410 e. The summed E-state index contributed by atoms with van der Waals surface area (Å²) in [7, 11) is 0. The molecule has 0 aliphatic carbocycles. The van der Waals surface area contributed by atoms with Crippen LogP contribution < -0.4 is 14.8 Å². The summed E-state index contributed by atoms with van der Waals surface area (Å²) in [5.41, 5.74) is 0.534. The second-order valence-electron chi connectivity index (χ2n) is 5.67. The molecule has 1 saturated heterocycles. The molecule has 3 rings (SSSR count). The number of rotatable bonds is 4. The van der Waals surface area contributed by atoms with Crippen LogP contribution in [0.3, 0.4) is 0 Å². The molecule has 0 unspecified atom stereocenters. The van der Waals surface area contributed by atoms with Crippen LogP contribution in [-0.2, 0) is 4.74 Å². The van der Waals surface area contributed by atoms with E-state index in [2.05, 4.69) is 11.9 Å². The lowest BCUT2D eigenvalue weighted by atomic mass is 10.0. The third-order valence-electron chi connectivity index (χ3n) is 4.05. The molecule has 1 aromatic rings. The van der Waals surface area contributed by atoms with Crippen LogP contribution in [0.5, 0.6) is 11.5 Å². The number of nitrogens with zero attached hydrogens (tertiary/aromatic N) is 1. The fourth-order valence-corrected chi connectivity index (χ4v) is 2.73. The first-order valence-corrected chi connectivity index (χ1v) is 7.90. The van der Waals surface area contributed by atoms with E-state index in [4.69, 9.17) is 14.2 Å². The second-order valence-corrected chi connectivity index (χ2v) is 5.67. The molecule has 128 valence electrons. The summed E-state index contributed by atoms with van der Waals surface area (Å²) in [6.07, 6.45) is 2.59. The monoisotopic (exact) mass is 332 g/mol. The second kappa shape index (κ2) is 7.25. The van der Waals surface area contributed by atoms with Crippen LogP contribution in [0.2, 0.25) is 0 Å². The summed E-state index contributed by atoms with van der Waals surface area (Å²) >= 11 is 0. The first-order valence-electron chi connectivity index (χ1n) is 7.90. The lowest BCUT2D eigenvalue weighted by Crippen LogP contribution is -2.46. The number of hydrogen-bond acceptors (Lipinski definition) is 5. The lowest BCUT2D eigenvalue weighted by molar-refractivity contribution is 0.0873. The van der Waals surface area contributed by atoms with Gasteiger partial charge < -0.3 is 24.4 Å². The fraction of sp³-hybridized carbons (Fsp3) is 0.412. The molecule has 0 saturated carbocycles. The van der Waals surface area contributed by atoms with Gasteiger partial charge in [0.2, 0.25) is 6.79 Å². The molecule has 24 heavy (non-hydrogen) atoms. The van der Waals surface area contributed by atoms with Crippen LogP contribution in [0.4, 0.5) is 4.79 Å². The smallest absolute Gasteiger partial charge is 0.410 e. The fourth-order valence-electron chi connectivity index (χ4n) is 2.73. The quantitative estimate of drug-likeness (QED) is 0.853. The molecule has 2 aliphatic heterocycles. The summed E-state index contributed by atoms with van der Waals surface area (Å²) in [6, 6.07) is 5.16. The molecule has 0 radical (unpaired) electrons. The number of nitrogens with one attached hydrogen (secondary N) is 1. The number of fused-ring (bicyclic) bond motifs is 1. The zero-order chi connectivity index (χ0) is 16.9. The van der Waals surface area contributed by atoms with Crippen LogP contribution in [0.25, 0.3) is 0 Å². The predicted octanol–water partition coefficient (Wildman–Crippen LogP) is 1.93. The van der Waals surface area contributed by atoms with Crippen LogP contribution in [0, 0.1) is 0 Å². The molecule has 2 aliphatic rings. The van der Waals surface area contributed by atoms with Crippen LogP contribution in [-0.4, -0.2) is 49.4 Å². The Labute approximate surface area is 140 Å². The highest BCUT2D eigenvalue weighted by atomic mass is 16.7. The van der Waals surface area contributed by atoms with Gasteiger partial charge in [-0.15, -0.1) is 0 Å². The van der Waals surface area contributed by atoms with E-state index in [0.29, 0.717) is 43.0 Å². The highest BCUT2D eigenvalue weighted by Crippen LogP contribution is 2.32. The van der Waals surface area contributed by atoms with Crippen molar-refractivity contribution in [3.63, 3.8) is 0 Å². The summed E-state index contributed by atoms with van der Waals surface area (Å²) in [6.45, 7) is 5.02. The van der Waals surface area contributed by atoms with Crippen molar-refractivity contribution in [2.45, 2.75) is 18.9 Å². The van der Waals surface area contributed by atoms with E-state index >= 15 is 0 Å². The Morgan fingerprint density at radius 3 is 2.79 bits per heavy atom. The van der Waals surface area contributed by atoms with Crippen molar-refractivity contribution < 1.29 is 23.8 Å². The normalized spacial score (nSPS) is 16.6. The van der Waals surface area contributed by atoms with Gasteiger partial charge in [-0.2, -0.15) is 0 Å². The van der Waals surface area contributed by atoms with Crippen molar-refractivity contribution in [1.29, 1.82) is 0 Å². The first kappa shape index (κ1) is 16.2. The Hall–Kier alpha value is -2.70. The number of piperidine rings is 1. The van der Waals surface area contributed by atoms with E-state index < -0.39 is 0 Å². The van der Waals surface area contributed by atoms with Gasteiger partial charge in [-0.25, -0.2) is 4.79 Å². The molecule has 0 bridgehead atoms. The van der Waals surface area contributed by atoms with Gasteiger partial charge in [-0.3, -0.25) is 4.79 Å². The minimum Gasteiger partial charge on any atom is -0.454 e. The van der Waals surface area contributed by atoms with Gasteiger partial charge in [-0.05, 0) is 31.0 Å². The largest absolute Gasteiger partial charge is 0.454 e. The standard InChI is InChI=1S/C17H20N2O5/c1-2-9-22-17(21)19-7-5-13(6-8-19)18-16(20)12-3-4-14-15(10-12)24-11-23-14/h2-4,10,13H,1,5-9,11H2,(H,18,20). The van der Waals surface area contributed by atoms with Crippen molar-refractivity contribution in [3.8, 4) is 11.5 Å². The predicted molar refractivity (Wildman–Crippen MR) is 86.2 cm³/mol. The van der Waals surface area contributed by atoms with Crippen molar-refractivity contribution >= 4 is 12.0 Å². The molecule has 7 heteroatoms. The molecule has 1 fully saturated rings. The molecule has 0 spiro atoms. The molecule has 0 atom stereocenters. The lowest BCUT2D eigenvalue weighted by Gasteiger charge is -2.31. The zero-order valence-corrected chi connectivity index (χ0v) is 13.3. The van der Waals surface area contributed by atoms with Crippen molar-refractivity contribution in [1.82, 2.24) is 10.2 Å². The molecule has 1 N–H and O–H groups in total. The highest BCUT2D eigenvalue weighted by molar-refractivity contribution is 5.95. The molecule has 2 amide bonds. The van der Waals surface area contributed by atoms with Crippen molar-refractivity contribution in [2.75, 3.05) is 26.5 Å². The van der Waals surface area contributed by atoms with E-state index in [1.165, 1.54) is 6.08 Å². The van der Waals surface area contributed by atoms with Crippen LogP contribution in [0.1, 0.15) is 23.2 Å². The third-order valence-corrected chi connectivity index (χ3v) is 4.05. The number of ether oxygens (including phenoxy) is 3. The van der Waals surface area contributed by atoms with E-state index in [9.17, 15) is 9.59 Å². The Morgan fingerprint density at radius 1 is 1.29 bits per heavy atom. The van der Waals surface area contributed by atoms with Gasteiger partial charge in [0.1, 0.15) is 6.61 Å². The summed E-state index contributed by atoms with van der Waals surface area (Å²) < 4.78 is 15.5. The Morgan fingerprint density at radius 2 is 2.04 bits per heavy atom. The van der Waals surface area contributed by atoms with Crippen LogP contribution >= 0.6 is 0 Å². The van der Waals surface area contributed by atoms with E-state index in [1.54, 1.807) is 23.1 Å². The van der Waals surface area contributed by atoms with E-state index in [1.807, 2.05) is 0 Å². The van der Waals surface area contributed by atoms with Crippen LogP contribution in [0.15, 0.2) is 30.9 Å². The number of likely N-dealkylation sites (tertiary alicyclic amines) is 1.